The van der Waals surface area contributed by atoms with Gasteiger partial charge in [-0.2, -0.15) is 5.10 Å². The van der Waals surface area contributed by atoms with Crippen LogP contribution in [-0.2, 0) is 6.42 Å². The van der Waals surface area contributed by atoms with Crippen molar-refractivity contribution in [3.63, 3.8) is 0 Å². The van der Waals surface area contributed by atoms with Gasteiger partial charge in [0.25, 0.3) is 5.91 Å². The van der Waals surface area contributed by atoms with Gasteiger partial charge in [-0.25, -0.2) is 4.79 Å². The van der Waals surface area contributed by atoms with Crippen LogP contribution in [0.2, 0.25) is 0 Å². The van der Waals surface area contributed by atoms with Gasteiger partial charge in [-0.15, -0.1) is 0 Å². The molecule has 28 heavy (non-hydrogen) atoms. The van der Waals surface area contributed by atoms with Crippen LogP contribution in [0.1, 0.15) is 31.8 Å². The zero-order chi connectivity index (χ0) is 20.1. The number of carbonyl (C=O) groups is 2. The molecule has 7 nitrogen and oxygen atoms in total. The molecule has 0 spiro atoms. The van der Waals surface area contributed by atoms with Gasteiger partial charge in [0, 0.05) is 25.4 Å². The third-order valence-electron chi connectivity index (χ3n) is 4.58. The van der Waals surface area contributed by atoms with Crippen molar-refractivity contribution < 1.29 is 14.7 Å². The quantitative estimate of drug-likeness (QED) is 0.586. The molecule has 1 heterocycles. The lowest BCUT2D eigenvalue weighted by Gasteiger charge is -2.23. The molecular weight excluding hydrogens is 356 g/mol. The highest BCUT2D eigenvalue weighted by atomic mass is 16.4. The number of amides is 1. The highest BCUT2D eigenvalue weighted by molar-refractivity contribution is 6.07. The number of nitrogens with one attached hydrogen (secondary N) is 2. The van der Waals surface area contributed by atoms with Crippen LogP contribution >= 0.6 is 0 Å². The minimum absolute atomic E-state index is 0.118. The number of likely N-dealkylation sites (N-methyl/N-ethyl adjacent to an activating group) is 1. The molecule has 0 radical (unpaired) electrons. The number of benzene rings is 2. The number of hydrogen-bond acceptors (Lipinski definition) is 4. The zero-order valence-electron chi connectivity index (χ0n) is 15.8. The van der Waals surface area contributed by atoms with Crippen LogP contribution in [0, 0.1) is 6.92 Å². The Kier molecular flexibility index (Phi) is 5.74. The molecule has 0 atom stereocenters. The van der Waals surface area contributed by atoms with Gasteiger partial charge in [0.15, 0.2) is 0 Å². The monoisotopic (exact) mass is 378 g/mol. The Bertz CT molecular complexity index is 983. The molecule has 0 saturated carbocycles. The number of carbonyl (C=O) groups excluding carboxylic acids is 1. The number of anilines is 2. The van der Waals surface area contributed by atoms with Crippen molar-refractivity contribution in [2.45, 2.75) is 13.3 Å². The van der Waals surface area contributed by atoms with Crippen LogP contribution in [0.5, 0.6) is 0 Å². The number of nitrogens with zero attached hydrogens (tertiary/aromatic N) is 2. The van der Waals surface area contributed by atoms with Crippen LogP contribution in [0.4, 0.5) is 11.4 Å². The maximum atomic E-state index is 12.7. The van der Waals surface area contributed by atoms with E-state index in [0.717, 1.165) is 23.2 Å². The van der Waals surface area contributed by atoms with E-state index in [4.69, 9.17) is 0 Å². The number of aromatic nitrogens is 2. The van der Waals surface area contributed by atoms with E-state index in [1.165, 1.54) is 12.1 Å². The molecule has 0 aliphatic carbocycles. The molecule has 144 valence electrons. The van der Waals surface area contributed by atoms with Gasteiger partial charge in [0.05, 0.1) is 23.1 Å². The van der Waals surface area contributed by atoms with Crippen molar-refractivity contribution in [3.8, 4) is 0 Å². The number of aromatic carboxylic acids is 1. The fourth-order valence-corrected chi connectivity index (χ4v) is 2.95. The molecule has 0 bridgehead atoms. The first-order chi connectivity index (χ1) is 13.5. The summed E-state index contributed by atoms with van der Waals surface area (Å²) in [6.45, 7) is 2.54. The Morgan fingerprint density at radius 1 is 1.21 bits per heavy atom. The van der Waals surface area contributed by atoms with Gasteiger partial charge >= 0.3 is 5.97 Å². The van der Waals surface area contributed by atoms with E-state index in [-0.39, 0.29) is 11.5 Å². The number of hydrogen-bond donors (Lipinski definition) is 3. The lowest BCUT2D eigenvalue weighted by atomic mass is 10.1. The number of aromatic amines is 1. The Morgan fingerprint density at radius 2 is 2.00 bits per heavy atom. The first kappa shape index (κ1) is 19.2. The number of H-pyrrole nitrogens is 1. The molecule has 3 aromatic rings. The van der Waals surface area contributed by atoms with Gasteiger partial charge in [-0.3, -0.25) is 9.89 Å². The predicted molar refractivity (Wildman–Crippen MR) is 108 cm³/mol. The Hall–Kier alpha value is -3.61. The summed E-state index contributed by atoms with van der Waals surface area (Å²) in [5, 5.41) is 18.9. The lowest BCUT2D eigenvalue weighted by molar-refractivity contribution is 0.0696. The first-order valence-electron chi connectivity index (χ1n) is 8.89. The van der Waals surface area contributed by atoms with E-state index in [1.54, 1.807) is 24.4 Å². The third-order valence-corrected chi connectivity index (χ3v) is 4.58. The van der Waals surface area contributed by atoms with Crippen molar-refractivity contribution >= 4 is 23.3 Å². The smallest absolute Gasteiger partial charge is 0.335 e. The minimum Gasteiger partial charge on any atom is -0.478 e. The largest absolute Gasteiger partial charge is 0.478 e. The molecule has 3 N–H and O–H groups in total. The summed E-state index contributed by atoms with van der Waals surface area (Å²) in [5.74, 6) is -1.32. The number of rotatable bonds is 7. The third kappa shape index (κ3) is 4.37. The second-order valence-electron chi connectivity index (χ2n) is 6.58. The summed E-state index contributed by atoms with van der Waals surface area (Å²) in [5.41, 5.74) is 3.80. The van der Waals surface area contributed by atoms with E-state index in [2.05, 4.69) is 15.5 Å². The summed E-state index contributed by atoms with van der Waals surface area (Å²) < 4.78 is 0. The number of carboxylic acids is 1. The molecule has 2 aromatic carbocycles. The van der Waals surface area contributed by atoms with E-state index in [0.29, 0.717) is 17.8 Å². The summed E-state index contributed by atoms with van der Waals surface area (Å²) in [6.07, 6.45) is 4.36. The van der Waals surface area contributed by atoms with Crippen molar-refractivity contribution in [3.05, 3.63) is 77.1 Å². The fourth-order valence-electron chi connectivity index (χ4n) is 2.95. The molecule has 0 fully saturated rings. The Labute approximate surface area is 163 Å². The molecule has 0 saturated heterocycles. The standard InChI is InChI=1S/C21H22N4O3/c1-14-5-3-4-6-17(14)20(26)24-18-11-16(21(27)28)7-8-19(18)25(2)10-9-15-12-22-23-13-15/h3-8,11-13H,9-10H2,1-2H3,(H,22,23)(H,24,26)(H,27,28). The first-order valence-corrected chi connectivity index (χ1v) is 8.89. The summed E-state index contributed by atoms with van der Waals surface area (Å²) >= 11 is 0. The normalized spacial score (nSPS) is 10.5. The van der Waals surface area contributed by atoms with Crippen molar-refractivity contribution in [2.24, 2.45) is 0 Å². The molecular formula is C21H22N4O3. The average Bonchev–Trinajstić information content (AvgIpc) is 3.20. The van der Waals surface area contributed by atoms with Crippen molar-refractivity contribution in [2.75, 3.05) is 23.8 Å². The van der Waals surface area contributed by atoms with Gasteiger partial charge in [0.1, 0.15) is 0 Å². The van der Waals surface area contributed by atoms with Crippen LogP contribution in [0.15, 0.2) is 54.9 Å². The average molecular weight is 378 g/mol. The minimum atomic E-state index is -1.04. The second kappa shape index (κ2) is 8.39. The number of aryl methyl sites for hydroxylation is 1. The van der Waals surface area contributed by atoms with Crippen LogP contribution in [0.25, 0.3) is 0 Å². The zero-order valence-corrected chi connectivity index (χ0v) is 15.8. The van der Waals surface area contributed by atoms with Crippen molar-refractivity contribution in [1.82, 2.24) is 10.2 Å². The van der Waals surface area contributed by atoms with Gasteiger partial charge in [-0.05, 0) is 48.7 Å². The maximum absolute atomic E-state index is 12.7. The van der Waals surface area contributed by atoms with E-state index >= 15 is 0 Å². The molecule has 7 heteroatoms. The molecule has 0 aliphatic heterocycles. The topological polar surface area (TPSA) is 98.3 Å². The van der Waals surface area contributed by atoms with Crippen LogP contribution in [-0.4, -0.2) is 40.8 Å². The van der Waals surface area contributed by atoms with Gasteiger partial charge in [-0.1, -0.05) is 18.2 Å². The van der Waals surface area contributed by atoms with Crippen LogP contribution in [0.3, 0.4) is 0 Å². The predicted octanol–water partition coefficient (Wildman–Crippen LogP) is 3.35. The number of carboxylic acid groups (broad SMARTS) is 1. The van der Waals surface area contributed by atoms with E-state index in [1.807, 2.05) is 37.2 Å². The van der Waals surface area contributed by atoms with E-state index in [9.17, 15) is 14.7 Å². The van der Waals surface area contributed by atoms with Crippen molar-refractivity contribution in [1.29, 1.82) is 0 Å². The van der Waals surface area contributed by atoms with Gasteiger partial charge < -0.3 is 15.3 Å². The highest BCUT2D eigenvalue weighted by Crippen LogP contribution is 2.28. The van der Waals surface area contributed by atoms with E-state index < -0.39 is 5.97 Å². The fraction of sp³-hybridized carbons (Fsp3) is 0.190. The highest BCUT2D eigenvalue weighted by Gasteiger charge is 2.16. The summed E-state index contributed by atoms with van der Waals surface area (Å²) in [4.78, 5) is 26.1. The second-order valence-corrected chi connectivity index (χ2v) is 6.58. The molecule has 0 unspecified atom stereocenters. The SMILES string of the molecule is Cc1ccccc1C(=O)Nc1cc(C(=O)O)ccc1N(C)CCc1cn[nH]c1. The lowest BCUT2D eigenvalue weighted by Crippen LogP contribution is -2.23. The Morgan fingerprint density at radius 3 is 2.68 bits per heavy atom. The maximum Gasteiger partial charge on any atom is 0.335 e. The molecule has 1 aromatic heterocycles. The van der Waals surface area contributed by atoms with Crippen LogP contribution < -0.4 is 10.2 Å². The molecule has 3 rings (SSSR count). The molecule has 1 amide bonds. The summed E-state index contributed by atoms with van der Waals surface area (Å²) in [6, 6.07) is 12.0. The van der Waals surface area contributed by atoms with Gasteiger partial charge in [0.2, 0.25) is 0 Å². The summed E-state index contributed by atoms with van der Waals surface area (Å²) in [7, 11) is 1.90. The molecule has 0 aliphatic rings. The Balaban J connectivity index is 1.86.